The Hall–Kier alpha value is -2.10. The number of pyridine rings is 1. The number of methoxy groups -OCH3 is 1. The summed E-state index contributed by atoms with van der Waals surface area (Å²) < 4.78 is 18.7. The van der Waals surface area contributed by atoms with Crippen LogP contribution >= 0.6 is 0 Å². The van der Waals surface area contributed by atoms with Crippen molar-refractivity contribution in [1.82, 2.24) is 4.98 Å². The molecular formula is C14H15FN2O. The summed E-state index contributed by atoms with van der Waals surface area (Å²) >= 11 is 0. The van der Waals surface area contributed by atoms with Gasteiger partial charge in [0.2, 0.25) is 0 Å². The molecule has 0 saturated heterocycles. The average molecular weight is 246 g/mol. The summed E-state index contributed by atoms with van der Waals surface area (Å²) in [5.74, 6) is 0.311. The maximum absolute atomic E-state index is 13.6. The Kier molecular flexibility index (Phi) is 3.77. The van der Waals surface area contributed by atoms with Crippen molar-refractivity contribution in [1.29, 1.82) is 0 Å². The van der Waals surface area contributed by atoms with Crippen LogP contribution in [-0.4, -0.2) is 12.1 Å². The van der Waals surface area contributed by atoms with Gasteiger partial charge in [0, 0.05) is 12.3 Å². The maximum atomic E-state index is 13.6. The summed E-state index contributed by atoms with van der Waals surface area (Å²) in [4.78, 5) is 4.23. The Balaban J connectivity index is 2.18. The van der Waals surface area contributed by atoms with E-state index in [1.807, 2.05) is 25.1 Å². The topological polar surface area (TPSA) is 34.1 Å². The molecule has 0 spiro atoms. The number of nitrogens with zero attached hydrogens (tertiary/aromatic N) is 1. The van der Waals surface area contributed by atoms with Crippen molar-refractivity contribution in [2.75, 3.05) is 12.4 Å². The van der Waals surface area contributed by atoms with Crippen molar-refractivity contribution in [2.45, 2.75) is 13.0 Å². The highest BCUT2D eigenvalue weighted by molar-refractivity contribution is 5.50. The first kappa shape index (κ1) is 12.4. The predicted molar refractivity (Wildman–Crippen MR) is 69.2 cm³/mol. The molecule has 0 saturated carbocycles. The molecule has 0 aliphatic rings. The minimum absolute atomic E-state index is 0.0761. The van der Waals surface area contributed by atoms with Crippen LogP contribution in [0.4, 0.5) is 10.1 Å². The highest BCUT2D eigenvalue weighted by Crippen LogP contribution is 2.24. The Morgan fingerprint density at radius 2 is 2.11 bits per heavy atom. The Labute approximate surface area is 106 Å². The third-order valence-corrected chi connectivity index (χ3v) is 2.68. The van der Waals surface area contributed by atoms with E-state index >= 15 is 0 Å². The fraction of sp³-hybridized carbons (Fsp3) is 0.214. The average Bonchev–Trinajstić information content (AvgIpc) is 2.42. The first-order chi connectivity index (χ1) is 8.70. The number of nitrogens with one attached hydrogen (secondary N) is 1. The molecule has 1 atom stereocenters. The second kappa shape index (κ2) is 5.49. The van der Waals surface area contributed by atoms with Gasteiger partial charge in [0.15, 0.2) is 0 Å². The number of benzene rings is 1. The molecule has 0 radical (unpaired) electrons. The van der Waals surface area contributed by atoms with E-state index in [0.717, 1.165) is 5.69 Å². The Morgan fingerprint density at radius 1 is 1.28 bits per heavy atom. The van der Waals surface area contributed by atoms with E-state index in [1.165, 1.54) is 6.07 Å². The fourth-order valence-electron chi connectivity index (χ4n) is 1.68. The molecule has 18 heavy (non-hydrogen) atoms. The number of aromatic nitrogens is 1. The monoisotopic (exact) mass is 246 g/mol. The van der Waals surface area contributed by atoms with Gasteiger partial charge in [0.25, 0.3) is 0 Å². The summed E-state index contributed by atoms with van der Waals surface area (Å²) in [6.45, 7) is 1.93. The first-order valence-electron chi connectivity index (χ1n) is 5.71. The van der Waals surface area contributed by atoms with Crippen LogP contribution in [0.5, 0.6) is 5.75 Å². The van der Waals surface area contributed by atoms with Crippen LogP contribution in [0.2, 0.25) is 0 Å². The molecule has 1 heterocycles. The van der Waals surface area contributed by atoms with Crippen molar-refractivity contribution in [3.63, 3.8) is 0 Å². The van der Waals surface area contributed by atoms with E-state index in [1.54, 1.807) is 25.4 Å². The standard InChI is InChI=1S/C14H15FN2O/c1-10(13-5-3-4-8-16-13)17-14-9-11(18-2)6-7-12(14)15/h3-10,17H,1-2H3. The Morgan fingerprint density at radius 3 is 2.78 bits per heavy atom. The number of hydrogen-bond donors (Lipinski definition) is 1. The molecular weight excluding hydrogens is 231 g/mol. The SMILES string of the molecule is COc1ccc(F)c(NC(C)c2ccccn2)c1. The third-order valence-electron chi connectivity index (χ3n) is 2.68. The van der Waals surface area contributed by atoms with E-state index in [-0.39, 0.29) is 11.9 Å². The van der Waals surface area contributed by atoms with Crippen LogP contribution in [0, 0.1) is 5.82 Å². The third kappa shape index (κ3) is 2.77. The second-order valence-electron chi connectivity index (χ2n) is 3.97. The number of hydrogen-bond acceptors (Lipinski definition) is 3. The molecule has 94 valence electrons. The number of rotatable bonds is 4. The smallest absolute Gasteiger partial charge is 0.146 e. The van der Waals surface area contributed by atoms with Crippen molar-refractivity contribution in [3.8, 4) is 5.75 Å². The van der Waals surface area contributed by atoms with Crippen LogP contribution in [0.15, 0.2) is 42.6 Å². The zero-order valence-corrected chi connectivity index (χ0v) is 10.4. The van der Waals surface area contributed by atoms with Gasteiger partial charge in [-0.15, -0.1) is 0 Å². The molecule has 1 aromatic heterocycles. The maximum Gasteiger partial charge on any atom is 0.146 e. The molecule has 0 amide bonds. The molecule has 0 aliphatic carbocycles. The molecule has 2 aromatic rings. The Bertz CT molecular complexity index is 516. The van der Waals surface area contributed by atoms with Gasteiger partial charge >= 0.3 is 0 Å². The van der Waals surface area contributed by atoms with E-state index in [4.69, 9.17) is 4.74 Å². The lowest BCUT2D eigenvalue weighted by Crippen LogP contribution is -2.09. The molecule has 1 aromatic carbocycles. The van der Waals surface area contributed by atoms with Gasteiger partial charge < -0.3 is 10.1 Å². The van der Waals surface area contributed by atoms with Gasteiger partial charge in [-0.25, -0.2) is 4.39 Å². The van der Waals surface area contributed by atoms with Crippen molar-refractivity contribution < 1.29 is 9.13 Å². The molecule has 0 bridgehead atoms. The van der Waals surface area contributed by atoms with Crippen molar-refractivity contribution >= 4 is 5.69 Å². The number of anilines is 1. The summed E-state index contributed by atoms with van der Waals surface area (Å²) in [6, 6.07) is 10.2. The molecule has 4 heteroatoms. The van der Waals surface area contributed by atoms with Gasteiger partial charge in [-0.3, -0.25) is 4.98 Å². The van der Waals surface area contributed by atoms with Crippen LogP contribution in [0.3, 0.4) is 0 Å². The largest absolute Gasteiger partial charge is 0.497 e. The summed E-state index contributed by atoms with van der Waals surface area (Å²) in [5.41, 5.74) is 1.27. The van der Waals surface area contributed by atoms with Crippen LogP contribution in [0.1, 0.15) is 18.7 Å². The quantitative estimate of drug-likeness (QED) is 0.897. The lowest BCUT2D eigenvalue weighted by molar-refractivity contribution is 0.414. The number of halogens is 1. The lowest BCUT2D eigenvalue weighted by Gasteiger charge is -2.15. The zero-order chi connectivity index (χ0) is 13.0. The highest BCUT2D eigenvalue weighted by atomic mass is 19.1. The van der Waals surface area contributed by atoms with Gasteiger partial charge in [-0.1, -0.05) is 6.07 Å². The van der Waals surface area contributed by atoms with E-state index in [2.05, 4.69) is 10.3 Å². The van der Waals surface area contributed by atoms with Crippen LogP contribution in [-0.2, 0) is 0 Å². The molecule has 0 fully saturated rings. The minimum Gasteiger partial charge on any atom is -0.497 e. The predicted octanol–water partition coefficient (Wildman–Crippen LogP) is 3.40. The summed E-state index contributed by atoms with van der Waals surface area (Å²) in [6.07, 6.45) is 1.72. The number of ether oxygens (including phenoxy) is 1. The van der Waals surface area contributed by atoms with E-state index in [9.17, 15) is 4.39 Å². The molecule has 1 N–H and O–H groups in total. The van der Waals surface area contributed by atoms with E-state index < -0.39 is 0 Å². The fourth-order valence-corrected chi connectivity index (χ4v) is 1.68. The first-order valence-corrected chi connectivity index (χ1v) is 5.71. The highest BCUT2D eigenvalue weighted by Gasteiger charge is 2.10. The van der Waals surface area contributed by atoms with E-state index in [0.29, 0.717) is 11.4 Å². The zero-order valence-electron chi connectivity index (χ0n) is 10.4. The summed E-state index contributed by atoms with van der Waals surface area (Å²) in [5, 5.41) is 3.08. The van der Waals surface area contributed by atoms with Gasteiger partial charge in [-0.2, -0.15) is 0 Å². The van der Waals surface area contributed by atoms with Crippen LogP contribution in [0.25, 0.3) is 0 Å². The van der Waals surface area contributed by atoms with Crippen LogP contribution < -0.4 is 10.1 Å². The summed E-state index contributed by atoms with van der Waals surface area (Å²) in [7, 11) is 1.55. The molecule has 2 rings (SSSR count). The molecule has 1 unspecified atom stereocenters. The second-order valence-corrected chi connectivity index (χ2v) is 3.97. The molecule has 3 nitrogen and oxygen atoms in total. The van der Waals surface area contributed by atoms with Crippen molar-refractivity contribution in [3.05, 3.63) is 54.1 Å². The van der Waals surface area contributed by atoms with Gasteiger partial charge in [-0.05, 0) is 31.2 Å². The minimum atomic E-state index is -0.307. The van der Waals surface area contributed by atoms with Crippen molar-refractivity contribution in [2.24, 2.45) is 0 Å². The lowest BCUT2D eigenvalue weighted by atomic mass is 10.2. The van der Waals surface area contributed by atoms with Gasteiger partial charge in [0.05, 0.1) is 24.5 Å². The molecule has 0 aliphatic heterocycles. The normalized spacial score (nSPS) is 11.9. The van der Waals surface area contributed by atoms with Gasteiger partial charge in [0.1, 0.15) is 11.6 Å².